The lowest BCUT2D eigenvalue weighted by Crippen LogP contribution is -2.55. The first-order valence-electron chi connectivity index (χ1n) is 11.8. The van der Waals surface area contributed by atoms with Crippen molar-refractivity contribution in [2.45, 2.75) is 46.4 Å². The summed E-state index contributed by atoms with van der Waals surface area (Å²) in [6, 6.07) is 10.8. The SMILES string of the molecule is CCOc1ccc(C(=O)Nc2cc(-c3cccs3)nn2C2NC(=O)CC(C(C)C)N2)cc1OCC. The van der Waals surface area contributed by atoms with Crippen LogP contribution >= 0.6 is 11.3 Å². The van der Waals surface area contributed by atoms with E-state index in [9.17, 15) is 9.59 Å². The fourth-order valence-electron chi connectivity index (χ4n) is 3.88. The molecule has 3 aromatic rings. The lowest BCUT2D eigenvalue weighted by Gasteiger charge is -2.34. The van der Waals surface area contributed by atoms with Gasteiger partial charge < -0.3 is 20.1 Å². The number of hydrogen-bond acceptors (Lipinski definition) is 7. The normalized spacial score (nSPS) is 17.8. The number of nitrogens with one attached hydrogen (secondary N) is 3. The van der Waals surface area contributed by atoms with Crippen molar-refractivity contribution in [1.29, 1.82) is 0 Å². The van der Waals surface area contributed by atoms with Gasteiger partial charge in [-0.2, -0.15) is 5.10 Å². The van der Waals surface area contributed by atoms with Crippen molar-refractivity contribution < 1.29 is 19.1 Å². The molecule has 9 nitrogen and oxygen atoms in total. The molecule has 1 saturated heterocycles. The standard InChI is InChI=1S/C25H31N5O4S/c1-5-33-19-10-9-16(12-20(19)34-6-2)24(32)27-22-13-18(21-8-7-11-35-21)29-30(22)25-26-17(15(3)4)14-23(31)28-25/h7-13,15,17,25-26H,5-6,14H2,1-4H3,(H,27,32)(H,28,31). The van der Waals surface area contributed by atoms with Crippen LogP contribution in [-0.4, -0.2) is 40.9 Å². The molecule has 2 aromatic heterocycles. The minimum absolute atomic E-state index is 0.00782. The average molecular weight is 498 g/mol. The van der Waals surface area contributed by atoms with Gasteiger partial charge in [-0.1, -0.05) is 19.9 Å². The van der Waals surface area contributed by atoms with Crippen LogP contribution < -0.4 is 25.4 Å². The number of benzene rings is 1. The van der Waals surface area contributed by atoms with Crippen LogP contribution in [0.25, 0.3) is 10.6 Å². The minimum atomic E-state index is -0.591. The molecule has 35 heavy (non-hydrogen) atoms. The number of rotatable bonds is 9. The summed E-state index contributed by atoms with van der Waals surface area (Å²) in [6.07, 6.45) is -0.201. The Morgan fingerprint density at radius 1 is 1.20 bits per heavy atom. The number of aromatic nitrogens is 2. The molecule has 2 atom stereocenters. The monoisotopic (exact) mass is 497 g/mol. The zero-order chi connectivity index (χ0) is 24.9. The van der Waals surface area contributed by atoms with Gasteiger partial charge in [0.1, 0.15) is 11.5 Å². The Hall–Kier alpha value is -3.37. The highest BCUT2D eigenvalue weighted by Crippen LogP contribution is 2.31. The smallest absolute Gasteiger partial charge is 0.256 e. The van der Waals surface area contributed by atoms with Crippen LogP contribution in [0.5, 0.6) is 11.5 Å². The quantitative estimate of drug-likeness (QED) is 0.408. The number of hydrogen-bond donors (Lipinski definition) is 3. The highest BCUT2D eigenvalue weighted by molar-refractivity contribution is 7.13. The van der Waals surface area contributed by atoms with E-state index in [1.54, 1.807) is 34.2 Å². The molecule has 1 aliphatic rings. The molecule has 186 valence electrons. The van der Waals surface area contributed by atoms with E-state index in [0.717, 1.165) is 4.88 Å². The van der Waals surface area contributed by atoms with Crippen molar-refractivity contribution in [3.63, 3.8) is 0 Å². The van der Waals surface area contributed by atoms with Gasteiger partial charge in [0, 0.05) is 24.1 Å². The molecule has 10 heteroatoms. The van der Waals surface area contributed by atoms with E-state index >= 15 is 0 Å². The Kier molecular flexibility index (Phi) is 7.72. The van der Waals surface area contributed by atoms with Gasteiger partial charge in [0.05, 0.1) is 18.1 Å². The van der Waals surface area contributed by atoms with E-state index in [1.165, 1.54) is 0 Å². The summed E-state index contributed by atoms with van der Waals surface area (Å²) < 4.78 is 12.9. The first kappa shape index (κ1) is 24.7. The Bertz CT molecular complexity index is 1170. The number of amides is 2. The number of thiophene rings is 1. The molecule has 2 unspecified atom stereocenters. The molecule has 3 N–H and O–H groups in total. The van der Waals surface area contributed by atoms with Gasteiger partial charge in [-0.15, -0.1) is 11.3 Å². The van der Waals surface area contributed by atoms with Crippen LogP contribution in [0.4, 0.5) is 5.82 Å². The summed E-state index contributed by atoms with van der Waals surface area (Å²) in [6.45, 7) is 8.85. The van der Waals surface area contributed by atoms with E-state index in [1.807, 2.05) is 37.4 Å². The van der Waals surface area contributed by atoms with Crippen LogP contribution in [0, 0.1) is 5.92 Å². The van der Waals surface area contributed by atoms with E-state index < -0.39 is 6.29 Å². The lowest BCUT2D eigenvalue weighted by atomic mass is 9.99. The second-order valence-corrected chi connectivity index (χ2v) is 9.46. The highest BCUT2D eigenvalue weighted by atomic mass is 32.1. The van der Waals surface area contributed by atoms with E-state index in [4.69, 9.17) is 14.6 Å². The second-order valence-electron chi connectivity index (χ2n) is 8.51. The third kappa shape index (κ3) is 5.66. The second kappa shape index (κ2) is 10.9. The molecular formula is C25H31N5O4S. The first-order chi connectivity index (χ1) is 16.9. The maximum atomic E-state index is 13.3. The molecule has 0 radical (unpaired) electrons. The molecule has 1 fully saturated rings. The van der Waals surface area contributed by atoms with Crippen molar-refractivity contribution in [2.24, 2.45) is 5.92 Å². The van der Waals surface area contributed by atoms with Crippen LogP contribution in [0.2, 0.25) is 0 Å². The zero-order valence-corrected chi connectivity index (χ0v) is 21.1. The molecule has 0 bridgehead atoms. The number of nitrogens with zero attached hydrogens (tertiary/aromatic N) is 2. The first-order valence-corrected chi connectivity index (χ1v) is 12.7. The summed E-state index contributed by atoms with van der Waals surface area (Å²) in [5.41, 5.74) is 1.13. The fourth-order valence-corrected chi connectivity index (χ4v) is 4.57. The number of carbonyl (C=O) groups excluding carboxylic acids is 2. The topological polar surface area (TPSA) is 107 Å². The van der Waals surface area contributed by atoms with Gasteiger partial charge in [-0.25, -0.2) is 4.68 Å². The van der Waals surface area contributed by atoms with Crippen LogP contribution in [-0.2, 0) is 4.79 Å². The molecule has 0 saturated carbocycles. The summed E-state index contributed by atoms with van der Waals surface area (Å²) in [5.74, 6) is 1.43. The molecular weight excluding hydrogens is 466 g/mol. The number of ether oxygens (including phenoxy) is 2. The van der Waals surface area contributed by atoms with Crippen molar-refractivity contribution >= 4 is 29.0 Å². The summed E-state index contributed by atoms with van der Waals surface area (Å²) in [4.78, 5) is 26.6. The third-order valence-corrected chi connectivity index (χ3v) is 6.57. The average Bonchev–Trinajstić information content (AvgIpc) is 3.50. The van der Waals surface area contributed by atoms with E-state index in [2.05, 4.69) is 29.8 Å². The van der Waals surface area contributed by atoms with Gasteiger partial charge in [-0.05, 0) is 49.4 Å². The van der Waals surface area contributed by atoms with Gasteiger partial charge in [0.25, 0.3) is 5.91 Å². The predicted molar refractivity (Wildman–Crippen MR) is 136 cm³/mol. The minimum Gasteiger partial charge on any atom is -0.490 e. The Morgan fingerprint density at radius 2 is 1.97 bits per heavy atom. The van der Waals surface area contributed by atoms with Crippen LogP contribution in [0.15, 0.2) is 41.8 Å². The molecule has 2 amide bonds. The van der Waals surface area contributed by atoms with Crippen LogP contribution in [0.3, 0.4) is 0 Å². The molecule has 1 aliphatic heterocycles. The highest BCUT2D eigenvalue weighted by Gasteiger charge is 2.31. The summed E-state index contributed by atoms with van der Waals surface area (Å²) in [7, 11) is 0. The number of anilines is 1. The van der Waals surface area contributed by atoms with Crippen molar-refractivity contribution in [2.75, 3.05) is 18.5 Å². The van der Waals surface area contributed by atoms with Gasteiger partial charge in [0.2, 0.25) is 5.91 Å². The van der Waals surface area contributed by atoms with E-state index in [-0.39, 0.29) is 23.8 Å². The lowest BCUT2D eigenvalue weighted by molar-refractivity contribution is -0.126. The van der Waals surface area contributed by atoms with E-state index in [0.29, 0.717) is 48.2 Å². The Labute approximate surface area is 208 Å². The Balaban J connectivity index is 1.65. The van der Waals surface area contributed by atoms with Crippen molar-refractivity contribution in [3.8, 4) is 22.1 Å². The molecule has 4 rings (SSSR count). The van der Waals surface area contributed by atoms with Gasteiger partial charge >= 0.3 is 0 Å². The molecule has 0 aliphatic carbocycles. The van der Waals surface area contributed by atoms with Crippen molar-refractivity contribution in [3.05, 3.63) is 47.3 Å². The maximum absolute atomic E-state index is 13.3. The van der Waals surface area contributed by atoms with Crippen LogP contribution in [0.1, 0.15) is 50.8 Å². The largest absolute Gasteiger partial charge is 0.490 e. The summed E-state index contributed by atoms with van der Waals surface area (Å²) >= 11 is 1.55. The molecule has 3 heterocycles. The number of carbonyl (C=O) groups is 2. The third-order valence-electron chi connectivity index (χ3n) is 5.68. The fraction of sp³-hybridized carbons (Fsp3) is 0.400. The van der Waals surface area contributed by atoms with Gasteiger partial charge in [0.15, 0.2) is 17.8 Å². The predicted octanol–water partition coefficient (Wildman–Crippen LogP) is 4.25. The maximum Gasteiger partial charge on any atom is 0.256 e. The Morgan fingerprint density at radius 3 is 2.66 bits per heavy atom. The zero-order valence-electron chi connectivity index (χ0n) is 20.3. The van der Waals surface area contributed by atoms with Gasteiger partial charge in [-0.3, -0.25) is 14.9 Å². The van der Waals surface area contributed by atoms with Crippen molar-refractivity contribution in [1.82, 2.24) is 20.4 Å². The molecule has 1 aromatic carbocycles. The summed E-state index contributed by atoms with van der Waals surface area (Å²) in [5, 5.41) is 16.0. The molecule has 0 spiro atoms.